The molecule has 2 aromatic heterocycles. The second-order valence-corrected chi connectivity index (χ2v) is 4.50. The van der Waals surface area contributed by atoms with Crippen LogP contribution >= 0.6 is 0 Å². The lowest BCUT2D eigenvalue weighted by Gasteiger charge is -2.07. The van der Waals surface area contributed by atoms with Gasteiger partial charge in [-0.1, -0.05) is 6.92 Å². The van der Waals surface area contributed by atoms with E-state index < -0.39 is 24.0 Å². The molecule has 0 fully saturated rings. The van der Waals surface area contributed by atoms with Crippen LogP contribution in [0.25, 0.3) is 11.3 Å². The van der Waals surface area contributed by atoms with E-state index in [1.807, 2.05) is 0 Å². The minimum atomic E-state index is -4.51. The predicted octanol–water partition coefficient (Wildman–Crippen LogP) is 3.47. The van der Waals surface area contributed by atoms with Crippen molar-refractivity contribution >= 4 is 5.78 Å². The first-order valence-electron chi connectivity index (χ1n) is 7.45. The summed E-state index contributed by atoms with van der Waals surface area (Å²) in [6.07, 6.45) is -3.90. The number of Topliss-reactive ketones (excluding diaryl/α,β-unsaturated/α-hetero) is 1. The Labute approximate surface area is 128 Å². The summed E-state index contributed by atoms with van der Waals surface area (Å²) in [5, 5.41) is 0. The van der Waals surface area contributed by atoms with Crippen LogP contribution < -0.4 is 0 Å². The highest BCUT2D eigenvalue weighted by Crippen LogP contribution is 2.28. The van der Waals surface area contributed by atoms with Crippen molar-refractivity contribution in [1.29, 1.82) is 0 Å². The molecule has 0 aromatic carbocycles. The normalized spacial score (nSPS) is 13.5. The molecule has 22 heavy (non-hydrogen) atoms. The van der Waals surface area contributed by atoms with Crippen LogP contribution in [0, 0.1) is 0 Å². The number of alkyl halides is 3. The molecule has 2 aromatic rings. The zero-order chi connectivity index (χ0) is 18.0. The number of rotatable bonds is 5. The first-order valence-corrected chi connectivity index (χ1v) is 6.45. The maximum Gasteiger partial charge on any atom is 0.433 e. The Balaban J connectivity index is 2.14. The number of hydrogen-bond donors (Lipinski definition) is 0. The van der Waals surface area contributed by atoms with Crippen LogP contribution in [0.4, 0.5) is 13.2 Å². The van der Waals surface area contributed by atoms with Gasteiger partial charge in [-0.15, -0.1) is 0 Å². The molecule has 2 heterocycles. The topological polar surface area (TPSA) is 55.7 Å². The van der Waals surface area contributed by atoms with Crippen LogP contribution in [0.2, 0.25) is 0 Å². The van der Waals surface area contributed by atoms with Crippen LogP contribution in [0.15, 0.2) is 30.7 Å². The van der Waals surface area contributed by atoms with Crippen molar-refractivity contribution in [3.63, 3.8) is 0 Å². The summed E-state index contributed by atoms with van der Waals surface area (Å²) in [5.74, 6) is -0.543. The van der Waals surface area contributed by atoms with Crippen molar-refractivity contribution in [3.05, 3.63) is 42.1 Å². The summed E-state index contributed by atoms with van der Waals surface area (Å²) >= 11 is 0. The van der Waals surface area contributed by atoms with Gasteiger partial charge in [0.25, 0.3) is 0 Å². The molecule has 0 aliphatic rings. The Kier molecular flexibility index (Phi) is 4.03. The Bertz CT molecular complexity index is 728. The molecule has 0 spiro atoms. The van der Waals surface area contributed by atoms with Gasteiger partial charge in [0.05, 0.1) is 5.69 Å². The number of carbonyl (C=O) groups excluding carboxylic acids is 1. The number of nitrogens with zero attached hydrogens (tertiary/aromatic N) is 3. The summed E-state index contributed by atoms with van der Waals surface area (Å²) in [6.45, 7) is 1.19. The highest BCUT2D eigenvalue weighted by atomic mass is 19.4. The molecule has 116 valence electrons. The van der Waals surface area contributed by atoms with Crippen molar-refractivity contribution in [2.75, 3.05) is 0 Å². The molecule has 0 bridgehead atoms. The van der Waals surface area contributed by atoms with E-state index in [2.05, 4.69) is 15.0 Å². The fourth-order valence-electron chi connectivity index (χ4n) is 1.77. The van der Waals surface area contributed by atoms with E-state index in [1.165, 1.54) is 19.3 Å². The molecule has 0 saturated heterocycles. The zero-order valence-electron chi connectivity index (χ0n) is 13.7. The molecular formula is C15H14F3N3O. The Morgan fingerprint density at radius 1 is 1.27 bits per heavy atom. The highest BCUT2D eigenvalue weighted by Gasteiger charge is 2.32. The number of pyridine rings is 1. The lowest BCUT2D eigenvalue weighted by molar-refractivity contribution is -0.141. The SMILES string of the molecule is [2H]C([2H])(C)C(=O)CCc1cc(-c2ccc(C(F)(F)F)nc2)ncn1. The monoisotopic (exact) mass is 311 g/mol. The Morgan fingerprint density at radius 3 is 2.64 bits per heavy atom. The number of ketones is 1. The number of aromatic nitrogens is 3. The van der Waals surface area contributed by atoms with Crippen molar-refractivity contribution in [1.82, 2.24) is 15.0 Å². The van der Waals surface area contributed by atoms with E-state index in [4.69, 9.17) is 2.74 Å². The third-order valence-electron chi connectivity index (χ3n) is 2.96. The molecule has 0 aliphatic heterocycles. The lowest BCUT2D eigenvalue weighted by Crippen LogP contribution is -2.07. The molecule has 0 radical (unpaired) electrons. The lowest BCUT2D eigenvalue weighted by atomic mass is 10.1. The van der Waals surface area contributed by atoms with Gasteiger partial charge in [0.2, 0.25) is 0 Å². The fourth-order valence-corrected chi connectivity index (χ4v) is 1.77. The molecule has 4 nitrogen and oxygen atoms in total. The van der Waals surface area contributed by atoms with E-state index in [0.717, 1.165) is 12.3 Å². The summed E-state index contributed by atoms with van der Waals surface area (Å²) < 4.78 is 52.2. The van der Waals surface area contributed by atoms with Gasteiger partial charge < -0.3 is 0 Å². The number of aryl methyl sites for hydroxylation is 1. The first-order chi connectivity index (χ1) is 11.1. The van der Waals surface area contributed by atoms with Crippen molar-refractivity contribution in [2.45, 2.75) is 32.3 Å². The second-order valence-electron chi connectivity index (χ2n) is 4.50. The predicted molar refractivity (Wildman–Crippen MR) is 73.9 cm³/mol. The van der Waals surface area contributed by atoms with Crippen molar-refractivity contribution in [2.24, 2.45) is 0 Å². The second kappa shape index (κ2) is 6.64. The van der Waals surface area contributed by atoms with Crippen LogP contribution in [0.1, 0.15) is 33.8 Å². The molecule has 0 aliphatic carbocycles. The molecule has 0 amide bonds. The van der Waals surface area contributed by atoms with Crippen molar-refractivity contribution < 1.29 is 20.7 Å². The molecule has 0 saturated carbocycles. The molecule has 0 unspecified atom stereocenters. The van der Waals surface area contributed by atoms with Crippen LogP contribution in [-0.2, 0) is 17.4 Å². The fraction of sp³-hybridized carbons (Fsp3) is 0.333. The standard InChI is InChI=1S/C15H14F3N3O/c1-2-12(22)5-4-11-7-13(21-9-20-11)10-3-6-14(19-8-10)15(16,17)18/h3,6-9H,2,4-5H2,1H3/i2D2. The van der Waals surface area contributed by atoms with Crippen LogP contribution in [0.3, 0.4) is 0 Å². The van der Waals surface area contributed by atoms with E-state index >= 15 is 0 Å². The maximum absolute atomic E-state index is 12.5. The van der Waals surface area contributed by atoms with Gasteiger partial charge >= 0.3 is 6.18 Å². The first kappa shape index (κ1) is 13.4. The third kappa shape index (κ3) is 4.09. The average molecular weight is 311 g/mol. The van der Waals surface area contributed by atoms with E-state index in [9.17, 15) is 18.0 Å². The molecule has 7 heteroatoms. The third-order valence-corrected chi connectivity index (χ3v) is 2.96. The van der Waals surface area contributed by atoms with E-state index in [-0.39, 0.29) is 12.8 Å². The molecule has 0 atom stereocenters. The number of carbonyl (C=O) groups is 1. The molecule has 2 rings (SSSR count). The van der Waals surface area contributed by atoms with Gasteiger partial charge in [0, 0.05) is 33.0 Å². The van der Waals surface area contributed by atoms with Gasteiger partial charge in [0.1, 0.15) is 17.8 Å². The quantitative estimate of drug-likeness (QED) is 0.848. The minimum Gasteiger partial charge on any atom is -0.300 e. The number of hydrogen-bond acceptors (Lipinski definition) is 4. The van der Waals surface area contributed by atoms with E-state index in [1.54, 1.807) is 6.07 Å². The van der Waals surface area contributed by atoms with Gasteiger partial charge in [-0.25, -0.2) is 9.97 Å². The van der Waals surface area contributed by atoms with Gasteiger partial charge in [0.15, 0.2) is 0 Å². The maximum atomic E-state index is 12.5. The average Bonchev–Trinajstić information content (AvgIpc) is 2.51. The summed E-state index contributed by atoms with van der Waals surface area (Å²) in [5.41, 5.74) is 0.283. The smallest absolute Gasteiger partial charge is 0.300 e. The summed E-state index contributed by atoms with van der Waals surface area (Å²) in [6, 6.07) is 3.67. The van der Waals surface area contributed by atoms with Crippen molar-refractivity contribution in [3.8, 4) is 11.3 Å². The molecule has 0 N–H and O–H groups in total. The van der Waals surface area contributed by atoms with E-state index in [0.29, 0.717) is 17.0 Å². The summed E-state index contributed by atoms with van der Waals surface area (Å²) in [7, 11) is 0. The minimum absolute atomic E-state index is 0.0226. The van der Waals surface area contributed by atoms with Gasteiger partial charge in [-0.05, 0) is 24.6 Å². The highest BCUT2D eigenvalue weighted by molar-refractivity contribution is 5.78. The van der Waals surface area contributed by atoms with Crippen LogP contribution in [-0.4, -0.2) is 20.7 Å². The van der Waals surface area contributed by atoms with Crippen LogP contribution in [0.5, 0.6) is 0 Å². The largest absolute Gasteiger partial charge is 0.433 e. The number of halogens is 3. The Hall–Kier alpha value is -2.31. The van der Waals surface area contributed by atoms with Gasteiger partial charge in [-0.2, -0.15) is 13.2 Å². The zero-order valence-corrected chi connectivity index (χ0v) is 11.7. The molecular weight excluding hydrogens is 295 g/mol. The Morgan fingerprint density at radius 2 is 2.05 bits per heavy atom. The van der Waals surface area contributed by atoms with Gasteiger partial charge in [-0.3, -0.25) is 9.78 Å². The summed E-state index contributed by atoms with van der Waals surface area (Å²) in [4.78, 5) is 22.9.